The molecule has 2 amide bonds. The van der Waals surface area contributed by atoms with E-state index in [1.807, 2.05) is 46.2 Å². The third-order valence-electron chi connectivity index (χ3n) is 5.00. The lowest BCUT2D eigenvalue weighted by molar-refractivity contribution is -0.128. The minimum absolute atomic E-state index is 0.0825. The van der Waals surface area contributed by atoms with Crippen LogP contribution in [0.25, 0.3) is 0 Å². The summed E-state index contributed by atoms with van der Waals surface area (Å²) in [5.41, 5.74) is 3.16. The van der Waals surface area contributed by atoms with Crippen molar-refractivity contribution in [3.63, 3.8) is 0 Å². The lowest BCUT2D eigenvalue weighted by atomic mass is 9.99. The number of carbonyl (C=O) groups is 2. The van der Waals surface area contributed by atoms with Gasteiger partial charge in [-0.3, -0.25) is 9.59 Å². The number of benzene rings is 2. The van der Waals surface area contributed by atoms with Crippen LogP contribution in [0.1, 0.15) is 34.8 Å². The van der Waals surface area contributed by atoms with E-state index in [0.29, 0.717) is 19.6 Å². The van der Waals surface area contributed by atoms with Crippen LogP contribution in [0.3, 0.4) is 0 Å². The molecular formula is C22H26N2O2. The number of hydrogen-bond donors (Lipinski definition) is 0. The fourth-order valence-electron chi connectivity index (χ4n) is 3.48. The molecule has 0 radical (unpaired) electrons. The second kappa shape index (κ2) is 8.65. The monoisotopic (exact) mass is 350 g/mol. The van der Waals surface area contributed by atoms with Gasteiger partial charge in [0.2, 0.25) is 5.91 Å². The maximum Gasteiger partial charge on any atom is 0.254 e. The molecule has 1 heterocycles. The van der Waals surface area contributed by atoms with E-state index in [2.05, 4.69) is 18.2 Å². The van der Waals surface area contributed by atoms with E-state index in [0.717, 1.165) is 36.9 Å². The van der Waals surface area contributed by atoms with Crippen LogP contribution in [0.5, 0.6) is 0 Å². The van der Waals surface area contributed by atoms with Crippen molar-refractivity contribution < 1.29 is 9.59 Å². The van der Waals surface area contributed by atoms with Crippen molar-refractivity contribution in [2.45, 2.75) is 26.2 Å². The minimum Gasteiger partial charge on any atom is -0.341 e. The molecule has 136 valence electrons. The van der Waals surface area contributed by atoms with Crippen LogP contribution in [-0.2, 0) is 17.6 Å². The van der Waals surface area contributed by atoms with Crippen molar-refractivity contribution in [2.24, 2.45) is 0 Å². The Bertz CT molecular complexity index is 758. The second-order valence-corrected chi connectivity index (χ2v) is 6.79. The first-order chi connectivity index (χ1) is 12.6. The molecule has 4 nitrogen and oxygen atoms in total. The molecule has 3 rings (SSSR count). The van der Waals surface area contributed by atoms with Gasteiger partial charge < -0.3 is 9.80 Å². The number of hydrogen-bond acceptors (Lipinski definition) is 2. The first-order valence-corrected chi connectivity index (χ1v) is 9.32. The fraction of sp³-hybridized carbons (Fsp3) is 0.364. The molecule has 1 fully saturated rings. The SMILES string of the molecule is CC(=O)N1CCCN(C(=O)c2ccccc2CCc2ccccc2)CC1. The van der Waals surface area contributed by atoms with E-state index in [-0.39, 0.29) is 11.8 Å². The highest BCUT2D eigenvalue weighted by Crippen LogP contribution is 2.16. The van der Waals surface area contributed by atoms with Crippen LogP contribution in [0.4, 0.5) is 0 Å². The van der Waals surface area contributed by atoms with Crippen molar-refractivity contribution in [1.82, 2.24) is 9.80 Å². The van der Waals surface area contributed by atoms with Gasteiger partial charge in [-0.05, 0) is 36.5 Å². The molecule has 0 atom stereocenters. The first-order valence-electron chi connectivity index (χ1n) is 9.32. The molecule has 1 saturated heterocycles. The summed E-state index contributed by atoms with van der Waals surface area (Å²) in [6.07, 6.45) is 2.60. The Morgan fingerprint density at radius 3 is 2.23 bits per heavy atom. The van der Waals surface area contributed by atoms with Crippen molar-refractivity contribution in [3.05, 3.63) is 71.3 Å². The predicted molar refractivity (Wildman–Crippen MR) is 103 cm³/mol. The van der Waals surface area contributed by atoms with E-state index >= 15 is 0 Å². The largest absolute Gasteiger partial charge is 0.341 e. The summed E-state index contributed by atoms with van der Waals surface area (Å²) in [6.45, 7) is 4.25. The summed E-state index contributed by atoms with van der Waals surface area (Å²) < 4.78 is 0. The quantitative estimate of drug-likeness (QED) is 0.850. The molecule has 1 aliphatic heterocycles. The maximum absolute atomic E-state index is 13.1. The smallest absolute Gasteiger partial charge is 0.254 e. The summed E-state index contributed by atoms with van der Waals surface area (Å²) in [7, 11) is 0. The zero-order valence-electron chi connectivity index (χ0n) is 15.4. The highest BCUT2D eigenvalue weighted by atomic mass is 16.2. The van der Waals surface area contributed by atoms with E-state index in [1.165, 1.54) is 5.56 Å². The molecule has 0 aliphatic carbocycles. The molecule has 2 aromatic rings. The summed E-state index contributed by atoms with van der Waals surface area (Å²) >= 11 is 0. The van der Waals surface area contributed by atoms with Crippen molar-refractivity contribution in [1.29, 1.82) is 0 Å². The third-order valence-corrected chi connectivity index (χ3v) is 5.00. The van der Waals surface area contributed by atoms with Gasteiger partial charge >= 0.3 is 0 Å². The number of nitrogens with zero attached hydrogens (tertiary/aromatic N) is 2. The Balaban J connectivity index is 1.70. The van der Waals surface area contributed by atoms with Crippen molar-refractivity contribution in [2.75, 3.05) is 26.2 Å². The predicted octanol–water partition coefficient (Wildman–Crippen LogP) is 3.17. The number of aryl methyl sites for hydroxylation is 2. The third kappa shape index (κ3) is 4.51. The van der Waals surface area contributed by atoms with E-state index in [1.54, 1.807) is 6.92 Å². The van der Waals surface area contributed by atoms with E-state index in [4.69, 9.17) is 0 Å². The molecular weight excluding hydrogens is 324 g/mol. The van der Waals surface area contributed by atoms with E-state index < -0.39 is 0 Å². The minimum atomic E-state index is 0.0825. The summed E-state index contributed by atoms with van der Waals surface area (Å²) in [4.78, 5) is 28.4. The van der Waals surface area contributed by atoms with Gasteiger partial charge in [-0.1, -0.05) is 48.5 Å². The van der Waals surface area contributed by atoms with Crippen LogP contribution in [0.2, 0.25) is 0 Å². The van der Waals surface area contributed by atoms with Crippen LogP contribution >= 0.6 is 0 Å². The van der Waals surface area contributed by atoms with Gasteiger partial charge in [0.05, 0.1) is 0 Å². The van der Waals surface area contributed by atoms with Gasteiger partial charge in [0.1, 0.15) is 0 Å². The van der Waals surface area contributed by atoms with Crippen LogP contribution in [0.15, 0.2) is 54.6 Å². The highest BCUT2D eigenvalue weighted by molar-refractivity contribution is 5.95. The summed E-state index contributed by atoms with van der Waals surface area (Å²) in [5, 5.41) is 0. The van der Waals surface area contributed by atoms with Crippen molar-refractivity contribution in [3.8, 4) is 0 Å². The number of amides is 2. The Hall–Kier alpha value is -2.62. The second-order valence-electron chi connectivity index (χ2n) is 6.79. The van der Waals surface area contributed by atoms with Gasteiger partial charge in [-0.15, -0.1) is 0 Å². The molecule has 0 N–H and O–H groups in total. The topological polar surface area (TPSA) is 40.6 Å². The molecule has 0 aromatic heterocycles. The van der Waals surface area contributed by atoms with E-state index in [9.17, 15) is 9.59 Å². The van der Waals surface area contributed by atoms with Crippen LogP contribution < -0.4 is 0 Å². The van der Waals surface area contributed by atoms with Crippen LogP contribution in [0, 0.1) is 0 Å². The van der Waals surface area contributed by atoms with Gasteiger partial charge in [0.25, 0.3) is 5.91 Å². The number of carbonyl (C=O) groups excluding carboxylic acids is 2. The molecule has 2 aromatic carbocycles. The molecule has 0 saturated carbocycles. The fourth-order valence-corrected chi connectivity index (χ4v) is 3.48. The Morgan fingerprint density at radius 2 is 1.46 bits per heavy atom. The molecule has 0 unspecified atom stereocenters. The Kier molecular flexibility index (Phi) is 6.05. The highest BCUT2D eigenvalue weighted by Gasteiger charge is 2.22. The molecule has 1 aliphatic rings. The normalized spacial score (nSPS) is 14.8. The summed E-state index contributed by atoms with van der Waals surface area (Å²) in [5.74, 6) is 0.168. The van der Waals surface area contributed by atoms with Gasteiger partial charge in [0.15, 0.2) is 0 Å². The zero-order valence-corrected chi connectivity index (χ0v) is 15.4. The lowest BCUT2D eigenvalue weighted by Crippen LogP contribution is -2.36. The summed E-state index contributed by atoms with van der Waals surface area (Å²) in [6, 6.07) is 18.3. The lowest BCUT2D eigenvalue weighted by Gasteiger charge is -2.22. The standard InChI is InChI=1S/C22H26N2O2/c1-18(25)23-14-7-15-24(17-16-23)22(26)21-11-6-5-10-20(21)13-12-19-8-3-2-4-9-19/h2-6,8-11H,7,12-17H2,1H3. The molecule has 26 heavy (non-hydrogen) atoms. The maximum atomic E-state index is 13.1. The first kappa shape index (κ1) is 18.2. The van der Waals surface area contributed by atoms with Crippen molar-refractivity contribution >= 4 is 11.8 Å². The molecule has 0 bridgehead atoms. The Labute approximate surface area is 155 Å². The molecule has 4 heteroatoms. The number of rotatable bonds is 4. The van der Waals surface area contributed by atoms with Crippen LogP contribution in [-0.4, -0.2) is 47.8 Å². The zero-order chi connectivity index (χ0) is 18.4. The van der Waals surface area contributed by atoms with Gasteiger partial charge in [0, 0.05) is 38.7 Å². The average molecular weight is 350 g/mol. The van der Waals surface area contributed by atoms with Gasteiger partial charge in [-0.2, -0.15) is 0 Å². The average Bonchev–Trinajstić information content (AvgIpc) is 2.93. The molecule has 0 spiro atoms. The van der Waals surface area contributed by atoms with Gasteiger partial charge in [-0.25, -0.2) is 0 Å². The Morgan fingerprint density at radius 1 is 0.808 bits per heavy atom.